The fourth-order valence-corrected chi connectivity index (χ4v) is 5.19. The first-order valence-electron chi connectivity index (χ1n) is 9.23. The van der Waals surface area contributed by atoms with Crippen LogP contribution in [0.15, 0.2) is 47.2 Å². The highest BCUT2D eigenvalue weighted by Gasteiger charge is 2.16. The lowest BCUT2D eigenvalue weighted by Gasteiger charge is -2.03. The molecule has 2 N–H and O–H groups in total. The minimum absolute atomic E-state index is 0.100. The van der Waals surface area contributed by atoms with E-state index in [4.69, 9.17) is 4.74 Å². The zero-order chi connectivity index (χ0) is 21.8. The summed E-state index contributed by atoms with van der Waals surface area (Å²) < 4.78 is 5.11. The average Bonchev–Trinajstić information content (AvgIpc) is 3.50. The predicted octanol–water partition coefficient (Wildman–Crippen LogP) is 5.08. The average molecular weight is 471 g/mol. The van der Waals surface area contributed by atoms with Crippen LogP contribution in [0.25, 0.3) is 10.6 Å². The van der Waals surface area contributed by atoms with Crippen molar-refractivity contribution in [2.75, 3.05) is 17.7 Å². The number of thiophene rings is 1. The maximum atomic E-state index is 12.5. The van der Waals surface area contributed by atoms with E-state index < -0.39 is 0 Å². The number of aryl methyl sites for hydroxylation is 1. The third-order valence-electron chi connectivity index (χ3n) is 4.27. The Balaban J connectivity index is 1.42. The van der Waals surface area contributed by atoms with E-state index in [1.54, 1.807) is 42.7 Å². The van der Waals surface area contributed by atoms with Gasteiger partial charge in [0.1, 0.15) is 5.75 Å². The molecule has 2 amide bonds. The zero-order valence-electron chi connectivity index (χ0n) is 16.7. The van der Waals surface area contributed by atoms with E-state index in [9.17, 15) is 9.59 Å². The second kappa shape index (κ2) is 9.38. The molecule has 0 aliphatic carbocycles. The van der Waals surface area contributed by atoms with Crippen molar-refractivity contribution in [3.8, 4) is 16.3 Å². The molecular formula is C21H18N4O3S3. The van der Waals surface area contributed by atoms with Gasteiger partial charge in [0.15, 0.2) is 10.3 Å². The number of rotatable bonds is 7. The van der Waals surface area contributed by atoms with E-state index >= 15 is 0 Å². The van der Waals surface area contributed by atoms with Gasteiger partial charge in [-0.15, -0.1) is 22.7 Å². The molecule has 7 nitrogen and oxygen atoms in total. The Kier molecular flexibility index (Phi) is 6.40. The Morgan fingerprint density at radius 1 is 1.03 bits per heavy atom. The first kappa shape index (κ1) is 21.2. The summed E-state index contributed by atoms with van der Waals surface area (Å²) in [5.41, 5.74) is 1.99. The summed E-state index contributed by atoms with van der Waals surface area (Å²) in [6, 6.07) is 10.7. The van der Waals surface area contributed by atoms with Gasteiger partial charge in [-0.3, -0.25) is 14.9 Å². The second-order valence-electron chi connectivity index (χ2n) is 6.46. The molecule has 0 saturated heterocycles. The summed E-state index contributed by atoms with van der Waals surface area (Å²) in [6.45, 7) is 1.86. The number of hydrogen-bond acceptors (Lipinski definition) is 8. The molecule has 3 aromatic heterocycles. The number of anilines is 2. The molecule has 0 unspecified atom stereocenters. The minimum Gasteiger partial charge on any atom is -0.497 e. The molecule has 158 valence electrons. The Morgan fingerprint density at radius 3 is 2.55 bits per heavy atom. The fraction of sp³-hybridized carbons (Fsp3) is 0.143. The lowest BCUT2D eigenvalue weighted by molar-refractivity contribution is -0.115. The van der Waals surface area contributed by atoms with Crippen LogP contribution < -0.4 is 15.4 Å². The standard InChI is InChI=1S/C21H18N4O3S3/c1-12-18(16-11-30-20(23-16)24-17(26)10-15-4-3-9-29-15)31-21(22-12)25-19(27)13-5-7-14(28-2)8-6-13/h3-9,11H,10H2,1-2H3,(H,22,25,27)(H,23,24,26). The van der Waals surface area contributed by atoms with Crippen molar-refractivity contribution >= 4 is 56.1 Å². The number of ether oxygens (including phenoxy) is 1. The van der Waals surface area contributed by atoms with Crippen LogP contribution in [0, 0.1) is 6.92 Å². The topological polar surface area (TPSA) is 93.2 Å². The molecule has 0 radical (unpaired) electrons. The SMILES string of the molecule is COc1ccc(C(=O)Nc2nc(C)c(-c3csc(NC(=O)Cc4cccs4)n3)s2)cc1. The maximum absolute atomic E-state index is 12.5. The summed E-state index contributed by atoms with van der Waals surface area (Å²) in [7, 11) is 1.58. The van der Waals surface area contributed by atoms with Crippen molar-refractivity contribution in [3.63, 3.8) is 0 Å². The molecule has 0 fully saturated rings. The number of hydrogen-bond donors (Lipinski definition) is 2. The van der Waals surface area contributed by atoms with Crippen LogP contribution in [0.1, 0.15) is 20.9 Å². The number of nitrogens with zero attached hydrogens (tertiary/aromatic N) is 2. The monoisotopic (exact) mass is 470 g/mol. The van der Waals surface area contributed by atoms with E-state index in [2.05, 4.69) is 20.6 Å². The summed E-state index contributed by atoms with van der Waals surface area (Å²) in [5.74, 6) is 0.338. The number of nitrogens with one attached hydrogen (secondary N) is 2. The highest BCUT2D eigenvalue weighted by molar-refractivity contribution is 7.20. The third-order valence-corrected chi connectivity index (χ3v) is 7.00. The van der Waals surface area contributed by atoms with Crippen molar-refractivity contribution < 1.29 is 14.3 Å². The maximum Gasteiger partial charge on any atom is 0.257 e. The van der Waals surface area contributed by atoms with Crippen LogP contribution in [0.3, 0.4) is 0 Å². The van der Waals surface area contributed by atoms with Gasteiger partial charge in [-0.2, -0.15) is 0 Å². The molecule has 0 saturated carbocycles. The van der Waals surface area contributed by atoms with Gasteiger partial charge in [0, 0.05) is 15.8 Å². The van der Waals surface area contributed by atoms with E-state index in [-0.39, 0.29) is 11.8 Å². The largest absolute Gasteiger partial charge is 0.497 e. The zero-order valence-corrected chi connectivity index (χ0v) is 19.1. The molecule has 0 aliphatic rings. The van der Waals surface area contributed by atoms with Crippen LogP contribution in [0.4, 0.5) is 10.3 Å². The molecule has 1 aromatic carbocycles. The number of carbonyl (C=O) groups excluding carboxylic acids is 2. The number of amides is 2. The Bertz CT molecular complexity index is 1200. The lowest BCUT2D eigenvalue weighted by atomic mass is 10.2. The summed E-state index contributed by atoms with van der Waals surface area (Å²) in [4.78, 5) is 35.5. The number of methoxy groups -OCH3 is 1. The van der Waals surface area contributed by atoms with Gasteiger partial charge in [-0.25, -0.2) is 9.97 Å². The highest BCUT2D eigenvalue weighted by Crippen LogP contribution is 2.34. The molecule has 4 rings (SSSR count). The normalized spacial score (nSPS) is 10.6. The van der Waals surface area contributed by atoms with Gasteiger partial charge < -0.3 is 10.1 Å². The summed E-state index contributed by atoms with van der Waals surface area (Å²) in [6.07, 6.45) is 0.327. The molecule has 0 aliphatic heterocycles. The number of carbonyl (C=O) groups is 2. The van der Waals surface area contributed by atoms with Crippen LogP contribution >= 0.6 is 34.0 Å². The van der Waals surface area contributed by atoms with Gasteiger partial charge >= 0.3 is 0 Å². The number of thiazole rings is 2. The third kappa shape index (κ3) is 5.16. The molecule has 10 heteroatoms. The van der Waals surface area contributed by atoms with E-state index in [0.717, 1.165) is 21.1 Å². The summed E-state index contributed by atoms with van der Waals surface area (Å²) in [5, 5.41) is 10.5. The predicted molar refractivity (Wildman–Crippen MR) is 126 cm³/mol. The number of benzene rings is 1. The molecule has 4 aromatic rings. The Hall–Kier alpha value is -3.08. The molecule has 0 bridgehead atoms. The molecule has 0 atom stereocenters. The van der Waals surface area contributed by atoms with E-state index in [1.807, 2.05) is 29.8 Å². The molecule has 3 heterocycles. The minimum atomic E-state index is -0.247. The van der Waals surface area contributed by atoms with E-state index in [0.29, 0.717) is 28.0 Å². The molecular weight excluding hydrogens is 452 g/mol. The van der Waals surface area contributed by atoms with Crippen LogP contribution in [0.2, 0.25) is 0 Å². The fourth-order valence-electron chi connectivity index (χ4n) is 2.77. The van der Waals surface area contributed by atoms with Gasteiger partial charge in [-0.1, -0.05) is 17.4 Å². The van der Waals surface area contributed by atoms with E-state index in [1.165, 1.54) is 22.7 Å². The first-order chi connectivity index (χ1) is 15.0. The first-order valence-corrected chi connectivity index (χ1v) is 11.8. The molecule has 31 heavy (non-hydrogen) atoms. The van der Waals surface area contributed by atoms with Crippen LogP contribution in [-0.2, 0) is 11.2 Å². The van der Waals surface area contributed by atoms with Crippen molar-refractivity contribution in [2.24, 2.45) is 0 Å². The van der Waals surface area contributed by atoms with Crippen LogP contribution in [0.5, 0.6) is 5.75 Å². The van der Waals surface area contributed by atoms with Gasteiger partial charge in [0.2, 0.25) is 5.91 Å². The van der Waals surface area contributed by atoms with Crippen molar-refractivity contribution in [1.82, 2.24) is 9.97 Å². The quantitative estimate of drug-likeness (QED) is 0.393. The Labute approximate surface area is 190 Å². The van der Waals surface area contributed by atoms with Gasteiger partial charge in [0.25, 0.3) is 5.91 Å². The molecule has 0 spiro atoms. The highest BCUT2D eigenvalue weighted by atomic mass is 32.1. The summed E-state index contributed by atoms with van der Waals surface area (Å²) >= 11 is 4.25. The van der Waals surface area contributed by atoms with Crippen molar-refractivity contribution in [3.05, 3.63) is 63.3 Å². The van der Waals surface area contributed by atoms with Gasteiger partial charge in [0.05, 0.1) is 29.8 Å². The van der Waals surface area contributed by atoms with Crippen molar-refractivity contribution in [2.45, 2.75) is 13.3 Å². The van der Waals surface area contributed by atoms with Crippen molar-refractivity contribution in [1.29, 1.82) is 0 Å². The number of aromatic nitrogens is 2. The van der Waals surface area contributed by atoms with Crippen LogP contribution in [-0.4, -0.2) is 28.9 Å². The lowest BCUT2D eigenvalue weighted by Crippen LogP contribution is -2.13. The van der Waals surface area contributed by atoms with Gasteiger partial charge in [-0.05, 0) is 42.6 Å². The second-order valence-corrected chi connectivity index (χ2v) is 9.35. The smallest absolute Gasteiger partial charge is 0.257 e. The Morgan fingerprint density at radius 2 is 1.84 bits per heavy atom.